The van der Waals surface area contributed by atoms with Crippen LogP contribution in [0, 0.1) is 24.6 Å². The van der Waals surface area contributed by atoms with Crippen molar-refractivity contribution >= 4 is 0 Å². The predicted molar refractivity (Wildman–Crippen MR) is 80.7 cm³/mol. The van der Waals surface area contributed by atoms with Crippen LogP contribution in [0.5, 0.6) is 0 Å². The minimum Gasteiger partial charge on any atom is -0.240 e. The van der Waals surface area contributed by atoms with E-state index in [1.165, 1.54) is 12.1 Å². The van der Waals surface area contributed by atoms with Crippen molar-refractivity contribution in [3.63, 3.8) is 0 Å². The number of hydrogen-bond donors (Lipinski definition) is 0. The maximum Gasteiger partial charge on any atom is 0.125 e. The van der Waals surface area contributed by atoms with Crippen LogP contribution in [0.25, 0.3) is 5.69 Å². The van der Waals surface area contributed by atoms with Crippen LogP contribution in [-0.2, 0) is 0 Å². The van der Waals surface area contributed by atoms with E-state index in [-0.39, 0.29) is 5.82 Å². The lowest BCUT2D eigenvalue weighted by Gasteiger charge is -2.02. The summed E-state index contributed by atoms with van der Waals surface area (Å²) in [7, 11) is 0. The second kappa shape index (κ2) is 5.64. The fourth-order valence-corrected chi connectivity index (χ4v) is 2.04. The molecule has 102 valence electrons. The number of rotatable bonds is 1. The molecule has 0 amide bonds. The number of hydrogen-bond acceptors (Lipinski definition) is 1. The zero-order valence-electron chi connectivity index (χ0n) is 11.5. The summed E-state index contributed by atoms with van der Waals surface area (Å²) < 4.78 is 15.1. The highest BCUT2D eigenvalue weighted by atomic mass is 19.1. The molecule has 0 aliphatic rings. The summed E-state index contributed by atoms with van der Waals surface area (Å²) in [5.74, 6) is 5.86. The lowest BCUT2D eigenvalue weighted by Crippen LogP contribution is -1.95. The minimum absolute atomic E-state index is 0.266. The standard InChI is InChI=1S/C18H13FN2/c1-14-9-17(19)11-18(10-14)21-13-16(12-20-21)8-7-15-5-3-2-4-6-15/h2-6,9-13H,1H3. The summed E-state index contributed by atoms with van der Waals surface area (Å²) in [4.78, 5) is 0. The van der Waals surface area contributed by atoms with E-state index in [0.717, 1.165) is 16.7 Å². The third-order valence-corrected chi connectivity index (χ3v) is 3.00. The SMILES string of the molecule is Cc1cc(F)cc(-n2cc(C#Cc3ccccc3)cn2)c1. The normalized spacial score (nSPS) is 10.0. The van der Waals surface area contributed by atoms with E-state index in [1.807, 2.05) is 43.3 Å². The van der Waals surface area contributed by atoms with Gasteiger partial charge in [-0.15, -0.1) is 0 Å². The van der Waals surface area contributed by atoms with E-state index in [1.54, 1.807) is 17.1 Å². The van der Waals surface area contributed by atoms with Gasteiger partial charge >= 0.3 is 0 Å². The molecule has 0 fully saturated rings. The lowest BCUT2D eigenvalue weighted by molar-refractivity contribution is 0.624. The monoisotopic (exact) mass is 276 g/mol. The number of nitrogens with zero attached hydrogens (tertiary/aromatic N) is 2. The Labute approximate surface area is 122 Å². The van der Waals surface area contributed by atoms with Crippen molar-refractivity contribution in [3.05, 3.63) is 83.4 Å². The molecule has 0 bridgehead atoms. The predicted octanol–water partition coefficient (Wildman–Crippen LogP) is 3.72. The summed E-state index contributed by atoms with van der Waals surface area (Å²) in [5, 5.41) is 4.23. The van der Waals surface area contributed by atoms with Crippen LogP contribution in [0.15, 0.2) is 60.9 Å². The first-order valence-corrected chi connectivity index (χ1v) is 6.60. The lowest BCUT2D eigenvalue weighted by atomic mass is 10.2. The van der Waals surface area contributed by atoms with Crippen molar-refractivity contribution in [2.24, 2.45) is 0 Å². The Kier molecular flexibility index (Phi) is 3.53. The van der Waals surface area contributed by atoms with Crippen molar-refractivity contribution in [2.75, 3.05) is 0 Å². The number of benzene rings is 2. The fourth-order valence-electron chi connectivity index (χ4n) is 2.04. The van der Waals surface area contributed by atoms with Crippen molar-refractivity contribution in [3.8, 4) is 17.5 Å². The molecule has 0 aliphatic heterocycles. The highest BCUT2D eigenvalue weighted by Crippen LogP contribution is 2.13. The summed E-state index contributed by atoms with van der Waals surface area (Å²) >= 11 is 0. The molecule has 3 heteroatoms. The van der Waals surface area contributed by atoms with E-state index in [4.69, 9.17) is 0 Å². The van der Waals surface area contributed by atoms with Gasteiger partial charge < -0.3 is 0 Å². The summed E-state index contributed by atoms with van der Waals surface area (Å²) in [6.45, 7) is 1.85. The maximum absolute atomic E-state index is 13.4. The van der Waals surface area contributed by atoms with E-state index in [0.29, 0.717) is 5.69 Å². The van der Waals surface area contributed by atoms with Gasteiger partial charge in [0.1, 0.15) is 5.82 Å². The Hall–Kier alpha value is -2.86. The first-order chi connectivity index (χ1) is 10.2. The molecule has 2 aromatic carbocycles. The molecule has 0 atom stereocenters. The molecule has 1 aromatic heterocycles. The van der Waals surface area contributed by atoms with Gasteiger partial charge in [-0.2, -0.15) is 5.10 Å². The second-order valence-corrected chi connectivity index (χ2v) is 4.78. The highest BCUT2D eigenvalue weighted by Gasteiger charge is 2.02. The first-order valence-electron chi connectivity index (χ1n) is 6.60. The van der Waals surface area contributed by atoms with Crippen LogP contribution in [0.4, 0.5) is 4.39 Å². The average Bonchev–Trinajstić information content (AvgIpc) is 2.94. The van der Waals surface area contributed by atoms with Crippen LogP contribution in [0.1, 0.15) is 16.7 Å². The van der Waals surface area contributed by atoms with Gasteiger partial charge in [0.05, 0.1) is 17.4 Å². The summed E-state index contributed by atoms with van der Waals surface area (Å²) in [5.41, 5.74) is 3.30. The maximum atomic E-state index is 13.4. The van der Waals surface area contributed by atoms with E-state index in [9.17, 15) is 4.39 Å². The first kappa shape index (κ1) is 13.1. The number of aromatic nitrogens is 2. The smallest absolute Gasteiger partial charge is 0.125 e. The Morgan fingerprint density at radius 2 is 1.76 bits per heavy atom. The fraction of sp³-hybridized carbons (Fsp3) is 0.0556. The highest BCUT2D eigenvalue weighted by molar-refractivity contribution is 5.43. The van der Waals surface area contributed by atoms with Crippen LogP contribution < -0.4 is 0 Å². The van der Waals surface area contributed by atoms with Crippen LogP contribution in [0.3, 0.4) is 0 Å². The second-order valence-electron chi connectivity index (χ2n) is 4.78. The zero-order valence-corrected chi connectivity index (χ0v) is 11.5. The molecule has 0 aliphatic carbocycles. The van der Waals surface area contributed by atoms with Gasteiger partial charge in [-0.05, 0) is 42.8 Å². The molecule has 21 heavy (non-hydrogen) atoms. The minimum atomic E-state index is -0.266. The summed E-state index contributed by atoms with van der Waals surface area (Å²) in [6.07, 6.45) is 3.47. The quantitative estimate of drug-likeness (QED) is 0.619. The Balaban J connectivity index is 1.89. The van der Waals surface area contributed by atoms with Gasteiger partial charge in [0.15, 0.2) is 0 Å². The van der Waals surface area contributed by atoms with Gasteiger partial charge in [-0.25, -0.2) is 9.07 Å². The van der Waals surface area contributed by atoms with Crippen LogP contribution in [-0.4, -0.2) is 9.78 Å². The molecule has 3 rings (SSSR count). The summed E-state index contributed by atoms with van der Waals surface area (Å²) in [6, 6.07) is 14.6. The molecule has 0 unspecified atom stereocenters. The van der Waals surface area contributed by atoms with E-state index >= 15 is 0 Å². The van der Waals surface area contributed by atoms with Gasteiger partial charge in [0.25, 0.3) is 0 Å². The molecule has 0 saturated heterocycles. The van der Waals surface area contributed by atoms with Crippen LogP contribution in [0.2, 0.25) is 0 Å². The van der Waals surface area contributed by atoms with E-state index in [2.05, 4.69) is 16.9 Å². The van der Waals surface area contributed by atoms with Crippen molar-refractivity contribution in [1.29, 1.82) is 0 Å². The largest absolute Gasteiger partial charge is 0.240 e. The van der Waals surface area contributed by atoms with Gasteiger partial charge in [-0.1, -0.05) is 30.0 Å². The van der Waals surface area contributed by atoms with Crippen molar-refractivity contribution in [2.45, 2.75) is 6.92 Å². The Morgan fingerprint density at radius 1 is 1.00 bits per heavy atom. The topological polar surface area (TPSA) is 17.8 Å². The molecule has 2 nitrogen and oxygen atoms in total. The molecule has 0 N–H and O–H groups in total. The van der Waals surface area contributed by atoms with Crippen LogP contribution >= 0.6 is 0 Å². The molecule has 1 heterocycles. The molecule has 0 radical (unpaired) electrons. The van der Waals surface area contributed by atoms with Gasteiger partial charge in [0, 0.05) is 11.8 Å². The molecule has 0 spiro atoms. The van der Waals surface area contributed by atoms with Gasteiger partial charge in [0.2, 0.25) is 0 Å². The molecular formula is C18H13FN2. The number of aryl methyl sites for hydroxylation is 1. The van der Waals surface area contributed by atoms with Gasteiger partial charge in [-0.3, -0.25) is 0 Å². The van der Waals surface area contributed by atoms with Crippen molar-refractivity contribution in [1.82, 2.24) is 9.78 Å². The third-order valence-electron chi connectivity index (χ3n) is 3.00. The number of halogens is 1. The van der Waals surface area contributed by atoms with E-state index < -0.39 is 0 Å². The Morgan fingerprint density at radius 3 is 2.52 bits per heavy atom. The third kappa shape index (κ3) is 3.18. The average molecular weight is 276 g/mol. The molecular weight excluding hydrogens is 263 g/mol. The van der Waals surface area contributed by atoms with Crippen molar-refractivity contribution < 1.29 is 4.39 Å². The zero-order chi connectivity index (χ0) is 14.7. The molecule has 3 aromatic rings. The Bertz CT molecular complexity index is 803. The molecule has 0 saturated carbocycles.